The summed E-state index contributed by atoms with van der Waals surface area (Å²) in [6.45, 7) is 5.22. The number of aliphatic hydroxyl groups is 1. The summed E-state index contributed by atoms with van der Waals surface area (Å²) in [5.74, 6) is -1.60. The molecule has 32 heavy (non-hydrogen) atoms. The Kier molecular flexibility index (Phi) is 7.01. The molecule has 1 fully saturated rings. The monoisotopic (exact) mass is 452 g/mol. The standard InChI is InChI=1S/C21H29FN4O6/c1-21(2,3)32-19(29)24-8-17(27)26-10-13(7-16(26)18(23)28)31-20(30)25-9-12-5-4-6-15(22)14(12)11-25/h4-6,13,16,19,24,29H,7-11H2,1-3H3,(H2,23,28)/t13-,16+,19?/m1/s1. The van der Waals surface area contributed by atoms with Crippen molar-refractivity contribution >= 4 is 17.9 Å². The van der Waals surface area contributed by atoms with Crippen LogP contribution in [0.3, 0.4) is 0 Å². The van der Waals surface area contributed by atoms with Gasteiger partial charge in [-0.05, 0) is 32.4 Å². The molecule has 10 nitrogen and oxygen atoms in total. The van der Waals surface area contributed by atoms with Gasteiger partial charge in [-0.15, -0.1) is 0 Å². The van der Waals surface area contributed by atoms with Gasteiger partial charge in [-0.25, -0.2) is 9.18 Å². The Bertz CT molecular complexity index is 890. The minimum Gasteiger partial charge on any atom is -0.444 e. The van der Waals surface area contributed by atoms with Crippen LogP contribution in [0.1, 0.15) is 38.3 Å². The first-order chi connectivity index (χ1) is 14.9. The summed E-state index contributed by atoms with van der Waals surface area (Å²) >= 11 is 0. The third kappa shape index (κ3) is 5.72. The van der Waals surface area contributed by atoms with Crippen molar-refractivity contribution in [2.75, 3.05) is 13.1 Å². The molecule has 2 aliphatic heterocycles. The van der Waals surface area contributed by atoms with E-state index in [4.69, 9.17) is 15.2 Å². The molecule has 176 valence electrons. The Hall–Kier alpha value is -2.76. The molecular weight excluding hydrogens is 423 g/mol. The van der Waals surface area contributed by atoms with Gasteiger partial charge >= 0.3 is 6.09 Å². The van der Waals surface area contributed by atoms with E-state index in [1.54, 1.807) is 32.9 Å². The zero-order valence-corrected chi connectivity index (χ0v) is 18.3. The number of primary amides is 1. The molecule has 1 saturated heterocycles. The number of hydrogen-bond acceptors (Lipinski definition) is 7. The predicted octanol–water partition coefficient (Wildman–Crippen LogP) is 0.413. The number of carbonyl (C=O) groups is 3. The lowest BCUT2D eigenvalue weighted by molar-refractivity contribution is -0.183. The number of aliphatic hydroxyl groups excluding tert-OH is 1. The number of rotatable bonds is 6. The molecule has 11 heteroatoms. The van der Waals surface area contributed by atoms with Crippen LogP contribution in [0.2, 0.25) is 0 Å². The van der Waals surface area contributed by atoms with Crippen molar-refractivity contribution in [3.8, 4) is 0 Å². The number of hydrogen-bond donors (Lipinski definition) is 3. The van der Waals surface area contributed by atoms with Crippen molar-refractivity contribution < 1.29 is 33.4 Å². The maximum atomic E-state index is 13.9. The summed E-state index contributed by atoms with van der Waals surface area (Å²) < 4.78 is 24.7. The van der Waals surface area contributed by atoms with Gasteiger partial charge in [0, 0.05) is 18.5 Å². The van der Waals surface area contributed by atoms with Crippen LogP contribution < -0.4 is 11.1 Å². The molecule has 0 saturated carbocycles. The maximum Gasteiger partial charge on any atom is 0.410 e. The summed E-state index contributed by atoms with van der Waals surface area (Å²) in [5, 5.41) is 12.4. The SMILES string of the molecule is CC(C)(C)OC(O)NCC(=O)N1C[C@H](OC(=O)N2Cc3cccc(F)c3C2)C[C@H]1C(N)=O. The van der Waals surface area contributed by atoms with Crippen molar-refractivity contribution in [2.45, 2.75) is 64.4 Å². The summed E-state index contributed by atoms with van der Waals surface area (Å²) in [7, 11) is 0. The fourth-order valence-corrected chi connectivity index (χ4v) is 3.81. The molecule has 4 N–H and O–H groups in total. The van der Waals surface area contributed by atoms with Crippen LogP contribution in [-0.4, -0.2) is 70.1 Å². The fraction of sp³-hybridized carbons (Fsp3) is 0.571. The highest BCUT2D eigenvalue weighted by Gasteiger charge is 2.41. The third-order valence-electron chi connectivity index (χ3n) is 5.26. The van der Waals surface area contributed by atoms with E-state index in [9.17, 15) is 23.9 Å². The van der Waals surface area contributed by atoms with Crippen LogP contribution >= 0.6 is 0 Å². The second-order valence-corrected chi connectivity index (χ2v) is 8.90. The predicted molar refractivity (Wildman–Crippen MR) is 110 cm³/mol. The van der Waals surface area contributed by atoms with Gasteiger partial charge in [-0.1, -0.05) is 12.1 Å². The van der Waals surface area contributed by atoms with E-state index in [1.165, 1.54) is 15.9 Å². The van der Waals surface area contributed by atoms with Crippen LogP contribution in [0, 0.1) is 5.82 Å². The average Bonchev–Trinajstić information content (AvgIpc) is 3.30. The minimum absolute atomic E-state index is 0.0226. The van der Waals surface area contributed by atoms with E-state index in [2.05, 4.69) is 5.32 Å². The smallest absolute Gasteiger partial charge is 0.410 e. The molecule has 0 aliphatic carbocycles. The number of benzene rings is 1. The van der Waals surface area contributed by atoms with E-state index in [0.29, 0.717) is 11.1 Å². The number of fused-ring (bicyclic) bond motifs is 1. The van der Waals surface area contributed by atoms with Crippen LogP contribution in [0.4, 0.5) is 9.18 Å². The third-order valence-corrected chi connectivity index (χ3v) is 5.26. The van der Waals surface area contributed by atoms with Crippen molar-refractivity contribution in [3.63, 3.8) is 0 Å². The number of amides is 3. The topological polar surface area (TPSA) is 134 Å². The van der Waals surface area contributed by atoms with E-state index in [0.717, 1.165) is 0 Å². The van der Waals surface area contributed by atoms with Crippen molar-refractivity contribution in [3.05, 3.63) is 35.1 Å². The lowest BCUT2D eigenvalue weighted by Gasteiger charge is -2.26. The maximum absolute atomic E-state index is 13.9. The number of carbonyl (C=O) groups excluding carboxylic acids is 3. The second kappa shape index (κ2) is 9.39. The normalized spacial score (nSPS) is 21.4. The molecule has 0 aromatic heterocycles. The number of nitrogens with one attached hydrogen (secondary N) is 1. The summed E-state index contributed by atoms with van der Waals surface area (Å²) in [6, 6.07) is 3.72. The van der Waals surface area contributed by atoms with Gasteiger partial charge in [0.25, 0.3) is 0 Å². The van der Waals surface area contributed by atoms with Crippen LogP contribution in [0.5, 0.6) is 0 Å². The fourth-order valence-electron chi connectivity index (χ4n) is 3.81. The molecule has 2 aliphatic rings. The zero-order chi connectivity index (χ0) is 23.6. The lowest BCUT2D eigenvalue weighted by Crippen LogP contribution is -2.49. The Labute approximate surface area is 185 Å². The van der Waals surface area contributed by atoms with Crippen LogP contribution in [-0.2, 0) is 32.2 Å². The van der Waals surface area contributed by atoms with Gasteiger partial charge in [-0.3, -0.25) is 19.8 Å². The molecule has 1 aromatic rings. The molecule has 1 aromatic carbocycles. The molecule has 2 heterocycles. The number of nitrogens with two attached hydrogens (primary N) is 1. The molecule has 3 atom stereocenters. The highest BCUT2D eigenvalue weighted by atomic mass is 19.1. The van der Waals surface area contributed by atoms with E-state index < -0.39 is 42.1 Å². The zero-order valence-electron chi connectivity index (χ0n) is 18.3. The van der Waals surface area contributed by atoms with E-state index >= 15 is 0 Å². The van der Waals surface area contributed by atoms with Gasteiger partial charge in [0.2, 0.25) is 18.2 Å². The van der Waals surface area contributed by atoms with Gasteiger partial charge < -0.3 is 25.2 Å². The number of ether oxygens (including phenoxy) is 2. The number of nitrogens with zero attached hydrogens (tertiary/aromatic N) is 2. The summed E-state index contributed by atoms with van der Waals surface area (Å²) in [6.07, 6.45) is -2.72. The van der Waals surface area contributed by atoms with Gasteiger partial charge in [0.1, 0.15) is 18.0 Å². The first-order valence-electron chi connectivity index (χ1n) is 10.3. The second-order valence-electron chi connectivity index (χ2n) is 8.90. The molecular formula is C21H29FN4O6. The number of halogens is 1. The van der Waals surface area contributed by atoms with Gasteiger partial charge in [-0.2, -0.15) is 0 Å². The highest BCUT2D eigenvalue weighted by molar-refractivity contribution is 5.88. The quantitative estimate of drug-likeness (QED) is 0.532. The first-order valence-corrected chi connectivity index (χ1v) is 10.3. The van der Waals surface area contributed by atoms with Crippen molar-refractivity contribution in [1.82, 2.24) is 15.1 Å². The molecule has 0 radical (unpaired) electrons. The Balaban J connectivity index is 1.56. The largest absolute Gasteiger partial charge is 0.444 e. The van der Waals surface area contributed by atoms with E-state index in [-0.39, 0.29) is 38.4 Å². The van der Waals surface area contributed by atoms with Crippen molar-refractivity contribution in [1.29, 1.82) is 0 Å². The summed E-state index contributed by atoms with van der Waals surface area (Å²) in [5.41, 5.74) is 5.97. The molecule has 3 amide bonds. The molecule has 0 spiro atoms. The van der Waals surface area contributed by atoms with Crippen LogP contribution in [0.25, 0.3) is 0 Å². The van der Waals surface area contributed by atoms with E-state index in [1.807, 2.05) is 0 Å². The minimum atomic E-state index is -1.38. The number of likely N-dealkylation sites (tertiary alicyclic amines) is 1. The lowest BCUT2D eigenvalue weighted by atomic mass is 10.1. The first kappa shape index (κ1) is 23.9. The summed E-state index contributed by atoms with van der Waals surface area (Å²) in [4.78, 5) is 39.6. The van der Waals surface area contributed by atoms with Gasteiger partial charge in [0.05, 0.1) is 25.2 Å². The molecule has 1 unspecified atom stereocenters. The van der Waals surface area contributed by atoms with Crippen LogP contribution in [0.15, 0.2) is 18.2 Å². The Morgan fingerprint density at radius 2 is 2.03 bits per heavy atom. The van der Waals surface area contributed by atoms with Crippen molar-refractivity contribution in [2.24, 2.45) is 5.73 Å². The highest BCUT2D eigenvalue weighted by Crippen LogP contribution is 2.27. The van der Waals surface area contributed by atoms with Gasteiger partial charge in [0.15, 0.2) is 0 Å². The Morgan fingerprint density at radius 3 is 2.66 bits per heavy atom. The molecule has 3 rings (SSSR count). The Morgan fingerprint density at radius 1 is 1.31 bits per heavy atom. The molecule has 0 bridgehead atoms. The average molecular weight is 452 g/mol.